The van der Waals surface area contributed by atoms with Crippen molar-refractivity contribution in [1.82, 2.24) is 5.32 Å². The van der Waals surface area contributed by atoms with E-state index in [4.69, 9.17) is 9.47 Å². The lowest BCUT2D eigenvalue weighted by atomic mass is 9.85. The Hall–Kier alpha value is -0.610. The van der Waals surface area contributed by atoms with Crippen LogP contribution in [0.15, 0.2) is 0 Å². The van der Waals surface area contributed by atoms with Gasteiger partial charge >= 0.3 is 5.97 Å². The minimum Gasteiger partial charge on any atom is -0.465 e. The van der Waals surface area contributed by atoms with Crippen LogP contribution < -0.4 is 5.32 Å². The molecule has 1 aliphatic carbocycles. The second-order valence-electron chi connectivity index (χ2n) is 6.27. The second kappa shape index (κ2) is 7.41. The molecule has 4 nitrogen and oxygen atoms in total. The summed E-state index contributed by atoms with van der Waals surface area (Å²) in [7, 11) is 0. The molecule has 0 aromatic carbocycles. The number of carbonyl (C=O) groups excluding carboxylic acids is 1. The number of esters is 1. The summed E-state index contributed by atoms with van der Waals surface area (Å²) in [5.74, 6) is -0.0839. The number of carbonyl (C=O) groups is 1. The highest BCUT2D eigenvalue weighted by Crippen LogP contribution is 2.29. The molecule has 1 saturated carbocycles. The zero-order chi connectivity index (χ0) is 14.4. The van der Waals surface area contributed by atoms with Crippen LogP contribution in [0, 0.1) is 0 Å². The SMILES string of the molecule is CCOC(=O)C1(NC2CCCCCC2)CCOC(C)C1. The summed E-state index contributed by atoms with van der Waals surface area (Å²) in [6.07, 6.45) is 9.10. The molecule has 0 radical (unpaired) electrons. The van der Waals surface area contributed by atoms with E-state index < -0.39 is 5.54 Å². The molecule has 0 amide bonds. The van der Waals surface area contributed by atoms with Crippen molar-refractivity contribution in [2.45, 2.75) is 82.9 Å². The third-order valence-electron chi connectivity index (χ3n) is 4.57. The maximum absolute atomic E-state index is 12.5. The molecule has 1 heterocycles. The number of rotatable bonds is 4. The molecule has 0 bridgehead atoms. The Morgan fingerprint density at radius 3 is 2.60 bits per heavy atom. The predicted octanol–water partition coefficient (Wildman–Crippen LogP) is 2.80. The van der Waals surface area contributed by atoms with Gasteiger partial charge in [-0.1, -0.05) is 25.7 Å². The summed E-state index contributed by atoms with van der Waals surface area (Å²) >= 11 is 0. The van der Waals surface area contributed by atoms with Gasteiger partial charge in [0.1, 0.15) is 5.54 Å². The maximum atomic E-state index is 12.5. The highest BCUT2D eigenvalue weighted by Gasteiger charge is 2.44. The Morgan fingerprint density at radius 2 is 2.00 bits per heavy atom. The van der Waals surface area contributed by atoms with E-state index in [1.54, 1.807) is 0 Å². The van der Waals surface area contributed by atoms with Gasteiger partial charge in [-0.15, -0.1) is 0 Å². The van der Waals surface area contributed by atoms with Crippen LogP contribution in [0.5, 0.6) is 0 Å². The third-order valence-corrected chi connectivity index (χ3v) is 4.57. The van der Waals surface area contributed by atoms with E-state index in [1.807, 2.05) is 13.8 Å². The first-order valence-corrected chi connectivity index (χ1v) is 8.23. The van der Waals surface area contributed by atoms with Gasteiger partial charge in [0.15, 0.2) is 0 Å². The molecule has 2 atom stereocenters. The van der Waals surface area contributed by atoms with E-state index >= 15 is 0 Å². The maximum Gasteiger partial charge on any atom is 0.326 e. The van der Waals surface area contributed by atoms with Crippen molar-refractivity contribution in [3.63, 3.8) is 0 Å². The Labute approximate surface area is 122 Å². The summed E-state index contributed by atoms with van der Waals surface area (Å²) < 4.78 is 11.0. The second-order valence-corrected chi connectivity index (χ2v) is 6.27. The molecule has 2 unspecified atom stereocenters. The number of hydrogen-bond acceptors (Lipinski definition) is 4. The fourth-order valence-corrected chi connectivity index (χ4v) is 3.55. The molecule has 1 aliphatic heterocycles. The smallest absolute Gasteiger partial charge is 0.326 e. The molecular formula is C16H29NO3. The minimum atomic E-state index is -0.525. The molecule has 20 heavy (non-hydrogen) atoms. The zero-order valence-electron chi connectivity index (χ0n) is 13.0. The molecule has 1 saturated heterocycles. The van der Waals surface area contributed by atoms with E-state index in [1.165, 1.54) is 38.5 Å². The summed E-state index contributed by atoms with van der Waals surface area (Å²) in [6, 6.07) is 0.451. The van der Waals surface area contributed by atoms with Gasteiger partial charge in [-0.3, -0.25) is 10.1 Å². The van der Waals surface area contributed by atoms with Crippen LogP contribution in [0.1, 0.15) is 65.2 Å². The molecule has 0 aromatic rings. The lowest BCUT2D eigenvalue weighted by Crippen LogP contribution is -2.60. The number of ether oxygens (including phenoxy) is 2. The summed E-state index contributed by atoms with van der Waals surface area (Å²) in [6.45, 7) is 5.00. The Bertz CT molecular complexity index is 313. The molecular weight excluding hydrogens is 254 g/mol. The van der Waals surface area contributed by atoms with Gasteiger partial charge in [-0.25, -0.2) is 0 Å². The summed E-state index contributed by atoms with van der Waals surface area (Å²) in [4.78, 5) is 12.5. The zero-order valence-corrected chi connectivity index (χ0v) is 13.0. The van der Waals surface area contributed by atoms with E-state index in [0.29, 0.717) is 19.3 Å². The van der Waals surface area contributed by atoms with Gasteiger partial charge in [-0.05, 0) is 33.1 Å². The minimum absolute atomic E-state index is 0.0839. The van der Waals surface area contributed by atoms with Crippen LogP contribution in [0.3, 0.4) is 0 Å². The van der Waals surface area contributed by atoms with Crippen LogP contribution in [0.2, 0.25) is 0 Å². The molecule has 0 aromatic heterocycles. The van der Waals surface area contributed by atoms with Gasteiger partial charge in [0.25, 0.3) is 0 Å². The fraction of sp³-hybridized carbons (Fsp3) is 0.938. The van der Waals surface area contributed by atoms with Crippen LogP contribution >= 0.6 is 0 Å². The normalized spacial score (nSPS) is 32.6. The molecule has 4 heteroatoms. The van der Waals surface area contributed by atoms with Crippen molar-refractivity contribution < 1.29 is 14.3 Å². The first-order chi connectivity index (χ1) is 9.66. The highest BCUT2D eigenvalue weighted by atomic mass is 16.5. The van der Waals surface area contributed by atoms with Gasteiger partial charge in [-0.2, -0.15) is 0 Å². The molecule has 116 valence electrons. The first kappa shape index (κ1) is 15.8. The van der Waals surface area contributed by atoms with Gasteiger partial charge in [0, 0.05) is 19.1 Å². The van der Waals surface area contributed by atoms with Crippen molar-refractivity contribution >= 4 is 5.97 Å². The Balaban J connectivity index is 2.06. The first-order valence-electron chi connectivity index (χ1n) is 8.23. The molecule has 2 fully saturated rings. The molecule has 2 aliphatic rings. The average Bonchev–Trinajstić information content (AvgIpc) is 2.67. The largest absolute Gasteiger partial charge is 0.465 e. The van der Waals surface area contributed by atoms with Crippen LogP contribution in [0.25, 0.3) is 0 Å². The van der Waals surface area contributed by atoms with Crippen molar-refractivity contribution in [1.29, 1.82) is 0 Å². The fourth-order valence-electron chi connectivity index (χ4n) is 3.55. The van der Waals surface area contributed by atoms with E-state index in [9.17, 15) is 4.79 Å². The van der Waals surface area contributed by atoms with Crippen molar-refractivity contribution in [3.8, 4) is 0 Å². The van der Waals surface area contributed by atoms with Gasteiger partial charge in [0.05, 0.1) is 12.7 Å². The topological polar surface area (TPSA) is 47.6 Å². The van der Waals surface area contributed by atoms with E-state index in [0.717, 1.165) is 12.8 Å². The van der Waals surface area contributed by atoms with E-state index in [2.05, 4.69) is 5.32 Å². The number of hydrogen-bond donors (Lipinski definition) is 1. The third kappa shape index (κ3) is 3.95. The Morgan fingerprint density at radius 1 is 1.30 bits per heavy atom. The molecule has 1 N–H and O–H groups in total. The lowest BCUT2D eigenvalue weighted by molar-refractivity contribution is -0.158. The molecule has 2 rings (SSSR count). The highest BCUT2D eigenvalue weighted by molar-refractivity contribution is 5.81. The summed E-state index contributed by atoms with van der Waals surface area (Å²) in [5.41, 5.74) is -0.525. The summed E-state index contributed by atoms with van der Waals surface area (Å²) in [5, 5.41) is 3.67. The van der Waals surface area contributed by atoms with Gasteiger partial charge < -0.3 is 9.47 Å². The van der Waals surface area contributed by atoms with Gasteiger partial charge in [0.2, 0.25) is 0 Å². The Kier molecular flexibility index (Phi) is 5.85. The van der Waals surface area contributed by atoms with Crippen molar-refractivity contribution in [3.05, 3.63) is 0 Å². The monoisotopic (exact) mass is 283 g/mol. The van der Waals surface area contributed by atoms with Crippen LogP contribution in [-0.4, -0.2) is 36.9 Å². The van der Waals surface area contributed by atoms with Crippen LogP contribution in [-0.2, 0) is 14.3 Å². The predicted molar refractivity (Wildman–Crippen MR) is 78.6 cm³/mol. The standard InChI is InChI=1S/C16H29NO3/c1-3-19-15(18)16(10-11-20-13(2)12-16)17-14-8-6-4-5-7-9-14/h13-14,17H,3-12H2,1-2H3. The molecule has 0 spiro atoms. The van der Waals surface area contributed by atoms with Crippen molar-refractivity contribution in [2.75, 3.05) is 13.2 Å². The van der Waals surface area contributed by atoms with Crippen molar-refractivity contribution in [2.24, 2.45) is 0 Å². The lowest BCUT2D eigenvalue weighted by Gasteiger charge is -2.41. The van der Waals surface area contributed by atoms with Crippen LogP contribution in [0.4, 0.5) is 0 Å². The number of nitrogens with one attached hydrogen (secondary N) is 1. The quantitative estimate of drug-likeness (QED) is 0.636. The van der Waals surface area contributed by atoms with E-state index in [-0.39, 0.29) is 12.1 Å². The average molecular weight is 283 g/mol.